The lowest BCUT2D eigenvalue weighted by Crippen LogP contribution is -2.12. The summed E-state index contributed by atoms with van der Waals surface area (Å²) < 4.78 is 16.2. The lowest BCUT2D eigenvalue weighted by molar-refractivity contribution is 0.0377. The van der Waals surface area contributed by atoms with E-state index in [0.717, 1.165) is 6.42 Å². The van der Waals surface area contributed by atoms with Crippen LogP contribution in [-0.2, 0) is 4.74 Å². The van der Waals surface area contributed by atoms with Crippen molar-refractivity contribution < 1.29 is 19.0 Å². The Morgan fingerprint density at radius 2 is 1.89 bits per heavy atom. The van der Waals surface area contributed by atoms with Gasteiger partial charge in [0.15, 0.2) is 11.5 Å². The second kappa shape index (κ2) is 7.67. The van der Waals surface area contributed by atoms with Crippen molar-refractivity contribution in [2.45, 2.75) is 40.2 Å². The fourth-order valence-corrected chi connectivity index (χ4v) is 1.52. The molecular weight excluding hydrogens is 244 g/mol. The molecule has 0 unspecified atom stereocenters. The smallest absolute Gasteiger partial charge is 0.338 e. The van der Waals surface area contributed by atoms with E-state index in [0.29, 0.717) is 30.3 Å². The van der Waals surface area contributed by atoms with Crippen LogP contribution in [0, 0.1) is 0 Å². The largest absolute Gasteiger partial charge is 0.490 e. The Balaban J connectivity index is 2.91. The van der Waals surface area contributed by atoms with Gasteiger partial charge in [0.1, 0.15) is 0 Å². The van der Waals surface area contributed by atoms with Gasteiger partial charge in [-0.05, 0) is 45.4 Å². The van der Waals surface area contributed by atoms with E-state index >= 15 is 0 Å². The molecule has 0 saturated carbocycles. The highest BCUT2D eigenvalue weighted by atomic mass is 16.5. The zero-order valence-electron chi connectivity index (χ0n) is 12.1. The minimum absolute atomic E-state index is 0.140. The van der Waals surface area contributed by atoms with Crippen LogP contribution in [0.5, 0.6) is 11.5 Å². The number of esters is 1. The first-order chi connectivity index (χ1) is 9.08. The average molecular weight is 266 g/mol. The maximum atomic E-state index is 11.8. The first-order valence-corrected chi connectivity index (χ1v) is 6.69. The predicted octanol–water partition coefficient (Wildman–Crippen LogP) is 3.44. The maximum Gasteiger partial charge on any atom is 0.338 e. The predicted molar refractivity (Wildman–Crippen MR) is 73.9 cm³/mol. The van der Waals surface area contributed by atoms with Crippen LogP contribution in [0.3, 0.4) is 0 Å². The van der Waals surface area contributed by atoms with E-state index in [1.807, 2.05) is 27.7 Å². The fourth-order valence-electron chi connectivity index (χ4n) is 1.52. The molecule has 0 saturated heterocycles. The summed E-state index contributed by atoms with van der Waals surface area (Å²) in [5, 5.41) is 0. The lowest BCUT2D eigenvalue weighted by Gasteiger charge is -2.13. The molecule has 4 nitrogen and oxygen atoms in total. The zero-order chi connectivity index (χ0) is 14.3. The van der Waals surface area contributed by atoms with Gasteiger partial charge in [-0.3, -0.25) is 0 Å². The standard InChI is InChI=1S/C15H22O4/c1-5-9-18-13-8-7-12(10-14(13)17-6-2)15(16)19-11(3)4/h7-8,10-11H,5-6,9H2,1-4H3. The van der Waals surface area contributed by atoms with Crippen LogP contribution < -0.4 is 9.47 Å². The minimum Gasteiger partial charge on any atom is -0.490 e. The van der Waals surface area contributed by atoms with Crippen molar-refractivity contribution in [3.63, 3.8) is 0 Å². The lowest BCUT2D eigenvalue weighted by atomic mass is 10.2. The summed E-state index contributed by atoms with van der Waals surface area (Å²) in [7, 11) is 0. The topological polar surface area (TPSA) is 44.8 Å². The molecule has 19 heavy (non-hydrogen) atoms. The summed E-state index contributed by atoms with van der Waals surface area (Å²) in [5.41, 5.74) is 0.473. The molecule has 0 fully saturated rings. The average Bonchev–Trinajstić information content (AvgIpc) is 2.36. The molecule has 0 aliphatic rings. The second-order valence-electron chi connectivity index (χ2n) is 4.40. The van der Waals surface area contributed by atoms with Gasteiger partial charge in [0.05, 0.1) is 24.9 Å². The maximum absolute atomic E-state index is 11.8. The van der Waals surface area contributed by atoms with E-state index in [4.69, 9.17) is 14.2 Å². The molecule has 0 amide bonds. The highest BCUT2D eigenvalue weighted by Gasteiger charge is 2.13. The molecule has 1 aromatic carbocycles. The normalized spacial score (nSPS) is 10.4. The third-order valence-corrected chi connectivity index (χ3v) is 2.28. The monoisotopic (exact) mass is 266 g/mol. The second-order valence-corrected chi connectivity index (χ2v) is 4.40. The highest BCUT2D eigenvalue weighted by Crippen LogP contribution is 2.29. The number of rotatable bonds is 7. The SMILES string of the molecule is CCCOc1ccc(C(=O)OC(C)C)cc1OCC. The van der Waals surface area contributed by atoms with Gasteiger partial charge >= 0.3 is 5.97 Å². The first-order valence-electron chi connectivity index (χ1n) is 6.69. The Labute approximate surface area is 114 Å². The molecule has 0 aliphatic heterocycles. The van der Waals surface area contributed by atoms with Gasteiger partial charge in [0, 0.05) is 0 Å². The van der Waals surface area contributed by atoms with Gasteiger partial charge < -0.3 is 14.2 Å². The molecule has 0 aliphatic carbocycles. The summed E-state index contributed by atoms with van der Waals surface area (Å²) in [4.78, 5) is 11.8. The van der Waals surface area contributed by atoms with Crippen molar-refractivity contribution in [2.75, 3.05) is 13.2 Å². The Kier molecular flexibility index (Phi) is 6.19. The number of carbonyl (C=O) groups excluding carboxylic acids is 1. The van der Waals surface area contributed by atoms with Crippen LogP contribution in [0.2, 0.25) is 0 Å². The zero-order valence-corrected chi connectivity index (χ0v) is 12.1. The van der Waals surface area contributed by atoms with Crippen LogP contribution in [0.4, 0.5) is 0 Å². The fraction of sp³-hybridized carbons (Fsp3) is 0.533. The summed E-state index contributed by atoms with van der Waals surface area (Å²) in [6.07, 6.45) is 0.780. The summed E-state index contributed by atoms with van der Waals surface area (Å²) in [6, 6.07) is 5.11. The van der Waals surface area contributed by atoms with Crippen LogP contribution in [0.1, 0.15) is 44.5 Å². The minimum atomic E-state index is -0.349. The van der Waals surface area contributed by atoms with Gasteiger partial charge in [0.25, 0.3) is 0 Å². The Morgan fingerprint density at radius 1 is 1.16 bits per heavy atom. The van der Waals surface area contributed by atoms with E-state index in [-0.39, 0.29) is 12.1 Å². The third-order valence-electron chi connectivity index (χ3n) is 2.28. The molecule has 1 rings (SSSR count). The Bertz CT molecular complexity index is 413. The molecule has 0 atom stereocenters. The third kappa shape index (κ3) is 4.81. The van der Waals surface area contributed by atoms with E-state index in [1.165, 1.54) is 0 Å². The van der Waals surface area contributed by atoms with Crippen LogP contribution in [0.15, 0.2) is 18.2 Å². The van der Waals surface area contributed by atoms with E-state index in [9.17, 15) is 4.79 Å². The molecule has 0 aromatic heterocycles. The Morgan fingerprint density at radius 3 is 2.47 bits per heavy atom. The molecule has 0 heterocycles. The van der Waals surface area contributed by atoms with E-state index < -0.39 is 0 Å². The number of ether oxygens (including phenoxy) is 3. The van der Waals surface area contributed by atoms with Gasteiger partial charge in [-0.2, -0.15) is 0 Å². The van der Waals surface area contributed by atoms with Gasteiger partial charge in [0.2, 0.25) is 0 Å². The molecule has 0 N–H and O–H groups in total. The molecule has 0 bridgehead atoms. The molecule has 0 radical (unpaired) electrons. The summed E-state index contributed by atoms with van der Waals surface area (Å²) in [5.74, 6) is 0.886. The quantitative estimate of drug-likeness (QED) is 0.709. The van der Waals surface area contributed by atoms with E-state index in [1.54, 1.807) is 18.2 Å². The molecule has 1 aromatic rings. The number of carbonyl (C=O) groups is 1. The Hall–Kier alpha value is -1.71. The van der Waals surface area contributed by atoms with Crippen LogP contribution in [-0.4, -0.2) is 25.3 Å². The molecule has 106 valence electrons. The number of hydrogen-bond acceptors (Lipinski definition) is 4. The van der Waals surface area contributed by atoms with Gasteiger partial charge in [-0.15, -0.1) is 0 Å². The van der Waals surface area contributed by atoms with Crippen molar-refractivity contribution in [1.29, 1.82) is 0 Å². The summed E-state index contributed by atoms with van der Waals surface area (Å²) in [6.45, 7) is 8.71. The molecule has 4 heteroatoms. The number of benzene rings is 1. The first kappa shape index (κ1) is 15.3. The number of hydrogen-bond donors (Lipinski definition) is 0. The molecule has 0 spiro atoms. The van der Waals surface area contributed by atoms with Gasteiger partial charge in [-0.1, -0.05) is 6.92 Å². The summed E-state index contributed by atoms with van der Waals surface area (Å²) >= 11 is 0. The van der Waals surface area contributed by atoms with Crippen LogP contribution in [0.25, 0.3) is 0 Å². The highest BCUT2D eigenvalue weighted by molar-refractivity contribution is 5.90. The van der Waals surface area contributed by atoms with Crippen molar-refractivity contribution in [3.05, 3.63) is 23.8 Å². The molecular formula is C15H22O4. The van der Waals surface area contributed by atoms with Crippen molar-refractivity contribution >= 4 is 5.97 Å². The van der Waals surface area contributed by atoms with Crippen molar-refractivity contribution in [3.8, 4) is 11.5 Å². The van der Waals surface area contributed by atoms with Crippen LogP contribution >= 0.6 is 0 Å². The van der Waals surface area contributed by atoms with Crippen molar-refractivity contribution in [1.82, 2.24) is 0 Å². The van der Waals surface area contributed by atoms with Crippen molar-refractivity contribution in [2.24, 2.45) is 0 Å². The van der Waals surface area contributed by atoms with E-state index in [2.05, 4.69) is 0 Å². The van der Waals surface area contributed by atoms with Gasteiger partial charge in [-0.25, -0.2) is 4.79 Å².